The minimum absolute atomic E-state index is 0.280. The van der Waals surface area contributed by atoms with Crippen molar-refractivity contribution in [3.63, 3.8) is 0 Å². The van der Waals surface area contributed by atoms with Gasteiger partial charge in [0.05, 0.1) is 5.52 Å². The summed E-state index contributed by atoms with van der Waals surface area (Å²) in [7, 11) is 0. The van der Waals surface area contributed by atoms with Crippen LogP contribution >= 0.6 is 0 Å². The van der Waals surface area contributed by atoms with Crippen molar-refractivity contribution in [1.82, 2.24) is 20.2 Å². The number of anilines is 2. The van der Waals surface area contributed by atoms with Crippen LogP contribution in [0.15, 0.2) is 77.2 Å². The Labute approximate surface area is 173 Å². The number of aromatic nitrogens is 4. The topological polar surface area (TPSA) is 76.7 Å². The van der Waals surface area contributed by atoms with Crippen molar-refractivity contribution < 1.29 is 4.42 Å². The molecule has 0 aliphatic rings. The fourth-order valence-corrected chi connectivity index (χ4v) is 3.23. The molecule has 0 saturated heterocycles. The number of nitrogens with zero attached hydrogens (tertiary/aromatic N) is 4. The van der Waals surface area contributed by atoms with E-state index in [2.05, 4.69) is 46.5 Å². The summed E-state index contributed by atoms with van der Waals surface area (Å²) in [6.45, 7) is 4.19. The predicted octanol–water partition coefficient (Wildman–Crippen LogP) is 5.71. The minimum Gasteiger partial charge on any atom is -0.413 e. The summed E-state index contributed by atoms with van der Waals surface area (Å²) < 4.78 is 5.87. The van der Waals surface area contributed by atoms with E-state index < -0.39 is 0 Å². The molecule has 0 spiro atoms. The number of benzene rings is 3. The van der Waals surface area contributed by atoms with Crippen molar-refractivity contribution in [1.29, 1.82) is 0 Å². The van der Waals surface area contributed by atoms with E-state index in [0.717, 1.165) is 22.2 Å². The van der Waals surface area contributed by atoms with E-state index in [9.17, 15) is 0 Å². The second-order valence-electron chi connectivity index (χ2n) is 7.12. The van der Waals surface area contributed by atoms with Gasteiger partial charge in [-0.05, 0) is 61.4 Å². The monoisotopic (exact) mass is 393 g/mol. The van der Waals surface area contributed by atoms with Crippen LogP contribution in [0.2, 0.25) is 0 Å². The van der Waals surface area contributed by atoms with Gasteiger partial charge in [0.25, 0.3) is 5.89 Å². The van der Waals surface area contributed by atoms with Gasteiger partial charge in [-0.1, -0.05) is 36.4 Å². The van der Waals surface area contributed by atoms with E-state index in [-0.39, 0.29) is 5.89 Å². The fraction of sp³-hybridized carbons (Fsp3) is 0.0833. The van der Waals surface area contributed by atoms with Gasteiger partial charge in [-0.2, -0.15) is 0 Å². The van der Waals surface area contributed by atoms with E-state index >= 15 is 0 Å². The fourth-order valence-electron chi connectivity index (χ4n) is 3.23. The summed E-state index contributed by atoms with van der Waals surface area (Å²) in [6, 6.07) is 23.7. The molecule has 2 heterocycles. The zero-order chi connectivity index (χ0) is 20.5. The summed E-state index contributed by atoms with van der Waals surface area (Å²) >= 11 is 0. The van der Waals surface area contributed by atoms with Gasteiger partial charge in [0.15, 0.2) is 0 Å². The van der Waals surface area contributed by atoms with Gasteiger partial charge >= 0.3 is 0 Å². The predicted molar refractivity (Wildman–Crippen MR) is 117 cm³/mol. The van der Waals surface area contributed by atoms with Crippen LogP contribution in [0.1, 0.15) is 11.1 Å². The maximum Gasteiger partial charge on any atom is 0.286 e. The second kappa shape index (κ2) is 7.40. The molecule has 0 bridgehead atoms. The van der Waals surface area contributed by atoms with E-state index in [0.29, 0.717) is 17.5 Å². The normalized spacial score (nSPS) is 11.0. The molecular formula is C24H19N5O. The van der Waals surface area contributed by atoms with E-state index in [1.807, 2.05) is 60.7 Å². The Kier molecular flexibility index (Phi) is 4.44. The standard InChI is InChI=1S/C24H19N5O/c1-15-12-13-18(14-16(15)2)25-21-19-10-6-7-11-20(19)26-22(27-21)24-29-28-23(30-24)17-8-4-3-5-9-17/h3-14H,1-2H3,(H,25,26,27). The highest BCUT2D eigenvalue weighted by atomic mass is 16.4. The molecule has 5 aromatic rings. The SMILES string of the molecule is Cc1ccc(Nc2nc(-c3nnc(-c4ccccc4)o3)nc3ccccc23)cc1C. The zero-order valence-electron chi connectivity index (χ0n) is 16.6. The van der Waals surface area contributed by atoms with Crippen LogP contribution in [0, 0.1) is 13.8 Å². The van der Waals surface area contributed by atoms with Gasteiger partial charge in [0.2, 0.25) is 11.7 Å². The molecule has 0 saturated carbocycles. The average Bonchev–Trinajstić information content (AvgIpc) is 3.27. The number of nitrogens with one attached hydrogen (secondary N) is 1. The van der Waals surface area contributed by atoms with Crippen LogP contribution in [0.3, 0.4) is 0 Å². The molecule has 6 heteroatoms. The molecule has 146 valence electrons. The molecule has 1 N–H and O–H groups in total. The van der Waals surface area contributed by atoms with Gasteiger partial charge in [-0.25, -0.2) is 9.97 Å². The Bertz CT molecular complexity index is 1340. The van der Waals surface area contributed by atoms with Gasteiger partial charge < -0.3 is 9.73 Å². The van der Waals surface area contributed by atoms with Gasteiger partial charge in [-0.15, -0.1) is 10.2 Å². The Morgan fingerprint density at radius 1 is 0.733 bits per heavy atom. The number of para-hydroxylation sites is 1. The van der Waals surface area contributed by atoms with Crippen LogP contribution in [0.4, 0.5) is 11.5 Å². The van der Waals surface area contributed by atoms with Crippen molar-refractivity contribution in [3.05, 3.63) is 83.9 Å². The highest BCUT2D eigenvalue weighted by molar-refractivity contribution is 5.91. The molecule has 30 heavy (non-hydrogen) atoms. The number of rotatable bonds is 4. The van der Waals surface area contributed by atoms with Crippen molar-refractivity contribution in [2.24, 2.45) is 0 Å². The lowest BCUT2D eigenvalue weighted by molar-refractivity contribution is 0.579. The summed E-state index contributed by atoms with van der Waals surface area (Å²) in [5, 5.41) is 12.7. The maximum absolute atomic E-state index is 5.87. The first-order valence-corrected chi connectivity index (χ1v) is 9.68. The number of fused-ring (bicyclic) bond motifs is 1. The highest BCUT2D eigenvalue weighted by Crippen LogP contribution is 2.28. The number of hydrogen-bond acceptors (Lipinski definition) is 6. The minimum atomic E-state index is 0.280. The molecule has 0 amide bonds. The number of hydrogen-bond donors (Lipinski definition) is 1. The third-order valence-corrected chi connectivity index (χ3v) is 5.01. The van der Waals surface area contributed by atoms with Crippen molar-refractivity contribution in [2.75, 3.05) is 5.32 Å². The lowest BCUT2D eigenvalue weighted by Crippen LogP contribution is -2.00. The summed E-state index contributed by atoms with van der Waals surface area (Å²) in [4.78, 5) is 9.35. The molecule has 5 rings (SSSR count). The van der Waals surface area contributed by atoms with Crippen molar-refractivity contribution in [3.8, 4) is 23.2 Å². The third kappa shape index (κ3) is 3.39. The van der Waals surface area contributed by atoms with Crippen LogP contribution in [0.25, 0.3) is 34.1 Å². The highest BCUT2D eigenvalue weighted by Gasteiger charge is 2.16. The number of aryl methyl sites for hydroxylation is 2. The third-order valence-electron chi connectivity index (χ3n) is 5.01. The summed E-state index contributed by atoms with van der Waals surface area (Å²) in [5.74, 6) is 1.79. The van der Waals surface area contributed by atoms with Crippen molar-refractivity contribution in [2.45, 2.75) is 13.8 Å². The quantitative estimate of drug-likeness (QED) is 0.422. The molecule has 0 atom stereocenters. The first-order chi connectivity index (χ1) is 14.7. The molecule has 6 nitrogen and oxygen atoms in total. The Morgan fingerprint density at radius 2 is 1.50 bits per heavy atom. The maximum atomic E-state index is 5.87. The smallest absolute Gasteiger partial charge is 0.286 e. The lowest BCUT2D eigenvalue weighted by Gasteiger charge is -2.11. The van der Waals surface area contributed by atoms with Gasteiger partial charge in [-0.3, -0.25) is 0 Å². The summed E-state index contributed by atoms with van der Waals surface area (Å²) in [6.07, 6.45) is 0. The van der Waals surface area contributed by atoms with Crippen LogP contribution < -0.4 is 5.32 Å². The van der Waals surface area contributed by atoms with Gasteiger partial charge in [0, 0.05) is 16.6 Å². The Hall–Kier alpha value is -4.06. The van der Waals surface area contributed by atoms with E-state index in [1.54, 1.807) is 0 Å². The molecule has 2 aromatic heterocycles. The Morgan fingerprint density at radius 3 is 2.33 bits per heavy atom. The lowest BCUT2D eigenvalue weighted by atomic mass is 10.1. The average molecular weight is 393 g/mol. The van der Waals surface area contributed by atoms with Crippen LogP contribution in [-0.4, -0.2) is 20.2 Å². The molecule has 0 fully saturated rings. The molecular weight excluding hydrogens is 374 g/mol. The van der Waals surface area contributed by atoms with Crippen LogP contribution in [-0.2, 0) is 0 Å². The second-order valence-corrected chi connectivity index (χ2v) is 7.12. The molecule has 0 aliphatic carbocycles. The summed E-state index contributed by atoms with van der Waals surface area (Å²) in [5.41, 5.74) is 5.07. The van der Waals surface area contributed by atoms with Crippen LogP contribution in [0.5, 0.6) is 0 Å². The molecule has 3 aromatic carbocycles. The van der Waals surface area contributed by atoms with Gasteiger partial charge in [0.1, 0.15) is 5.82 Å². The Balaban J connectivity index is 1.58. The van der Waals surface area contributed by atoms with E-state index in [1.165, 1.54) is 11.1 Å². The van der Waals surface area contributed by atoms with E-state index in [4.69, 9.17) is 9.40 Å². The first-order valence-electron chi connectivity index (χ1n) is 9.68. The molecule has 0 unspecified atom stereocenters. The largest absolute Gasteiger partial charge is 0.413 e. The molecule has 0 aliphatic heterocycles. The molecule has 0 radical (unpaired) electrons. The first kappa shape index (κ1) is 18.0. The zero-order valence-corrected chi connectivity index (χ0v) is 16.6. The van der Waals surface area contributed by atoms with Crippen molar-refractivity contribution >= 4 is 22.4 Å².